The van der Waals surface area contributed by atoms with Gasteiger partial charge in [0.1, 0.15) is 12.3 Å². The molecule has 2 fully saturated rings. The van der Waals surface area contributed by atoms with Crippen molar-refractivity contribution in [2.45, 2.75) is 57.5 Å². The van der Waals surface area contributed by atoms with Crippen LogP contribution in [0, 0.1) is 0 Å². The average molecular weight is 373 g/mol. The molecule has 148 valence electrons. The van der Waals surface area contributed by atoms with E-state index in [0.717, 1.165) is 37.0 Å². The maximum absolute atomic E-state index is 12.7. The van der Waals surface area contributed by atoms with Gasteiger partial charge in [-0.3, -0.25) is 4.79 Å². The van der Waals surface area contributed by atoms with Crippen molar-refractivity contribution in [1.82, 2.24) is 15.1 Å². The van der Waals surface area contributed by atoms with Crippen molar-refractivity contribution in [1.29, 1.82) is 0 Å². The van der Waals surface area contributed by atoms with Crippen LogP contribution >= 0.6 is 0 Å². The molecule has 1 aliphatic heterocycles. The molecule has 1 saturated carbocycles. The number of rotatable bonds is 4. The number of ether oxygens (including phenoxy) is 1. The molecular weight excluding hydrogens is 342 g/mol. The molecule has 0 unspecified atom stereocenters. The highest BCUT2D eigenvalue weighted by atomic mass is 16.5. The fourth-order valence-corrected chi connectivity index (χ4v) is 3.97. The van der Waals surface area contributed by atoms with Crippen molar-refractivity contribution in [2.75, 3.05) is 26.7 Å². The number of nitrogens with zero attached hydrogens (tertiary/aromatic N) is 2. The summed E-state index contributed by atoms with van der Waals surface area (Å²) in [7, 11) is 1.64. The van der Waals surface area contributed by atoms with Gasteiger partial charge in [-0.1, -0.05) is 37.8 Å². The maximum Gasteiger partial charge on any atom is 0.318 e. The zero-order chi connectivity index (χ0) is 19.3. The van der Waals surface area contributed by atoms with Crippen LogP contribution in [0.1, 0.15) is 51.0 Å². The molecule has 1 saturated heterocycles. The Morgan fingerprint density at radius 1 is 1.11 bits per heavy atom. The first-order valence-corrected chi connectivity index (χ1v) is 9.97. The number of hydrogen-bond donors (Lipinski definition) is 1. The van der Waals surface area contributed by atoms with Gasteiger partial charge >= 0.3 is 6.03 Å². The molecule has 0 aromatic heterocycles. The minimum absolute atomic E-state index is 0.00163. The van der Waals surface area contributed by atoms with Gasteiger partial charge in [-0.05, 0) is 37.5 Å². The Hall–Kier alpha value is -2.24. The van der Waals surface area contributed by atoms with E-state index >= 15 is 0 Å². The van der Waals surface area contributed by atoms with Gasteiger partial charge in [0.15, 0.2) is 0 Å². The van der Waals surface area contributed by atoms with Gasteiger partial charge in [0, 0.05) is 25.2 Å². The van der Waals surface area contributed by atoms with Gasteiger partial charge in [-0.2, -0.15) is 0 Å². The Bertz CT molecular complexity index is 651. The van der Waals surface area contributed by atoms with Crippen LogP contribution in [0.15, 0.2) is 24.3 Å². The molecule has 1 aromatic rings. The van der Waals surface area contributed by atoms with E-state index in [1.54, 1.807) is 12.0 Å². The number of amides is 3. The summed E-state index contributed by atoms with van der Waals surface area (Å²) >= 11 is 0. The molecule has 1 aliphatic carbocycles. The number of hydrogen-bond acceptors (Lipinski definition) is 3. The summed E-state index contributed by atoms with van der Waals surface area (Å²) < 4.78 is 5.17. The fraction of sp³-hybridized carbons (Fsp3) is 0.619. The second-order valence-corrected chi connectivity index (χ2v) is 7.99. The van der Waals surface area contributed by atoms with Crippen LogP contribution in [0.4, 0.5) is 4.79 Å². The number of carbonyl (C=O) groups is 2. The lowest BCUT2D eigenvalue weighted by atomic mass is 9.93. The summed E-state index contributed by atoms with van der Waals surface area (Å²) in [6, 6.07) is 7.64. The topological polar surface area (TPSA) is 61.9 Å². The summed E-state index contributed by atoms with van der Waals surface area (Å²) in [5, 5.41) is 3.21. The Kier molecular flexibility index (Phi) is 6.24. The van der Waals surface area contributed by atoms with Crippen LogP contribution in [-0.4, -0.2) is 54.0 Å². The highest BCUT2D eigenvalue weighted by Crippen LogP contribution is 2.27. The zero-order valence-corrected chi connectivity index (χ0v) is 16.5. The Labute approximate surface area is 161 Å². The molecule has 6 nitrogen and oxygen atoms in total. The molecule has 27 heavy (non-hydrogen) atoms. The van der Waals surface area contributed by atoms with Gasteiger partial charge in [0.25, 0.3) is 0 Å². The summed E-state index contributed by atoms with van der Waals surface area (Å²) in [6.45, 7) is 3.99. The predicted molar refractivity (Wildman–Crippen MR) is 105 cm³/mol. The lowest BCUT2D eigenvalue weighted by Gasteiger charge is -2.37. The number of urea groups is 1. The zero-order valence-electron chi connectivity index (χ0n) is 16.5. The second kappa shape index (κ2) is 8.63. The Balaban J connectivity index is 1.52. The van der Waals surface area contributed by atoms with E-state index in [0.29, 0.717) is 19.6 Å². The first-order chi connectivity index (χ1) is 13.0. The van der Waals surface area contributed by atoms with Gasteiger partial charge in [0.2, 0.25) is 5.91 Å². The first-order valence-electron chi connectivity index (χ1n) is 9.97. The summed E-state index contributed by atoms with van der Waals surface area (Å²) in [6.07, 6.45) is 6.84. The largest absolute Gasteiger partial charge is 0.497 e. The van der Waals surface area contributed by atoms with Gasteiger partial charge < -0.3 is 19.9 Å². The SMILES string of the molecule is COc1ccc(CN2CCN(C(=O)NC3(C)CCCCCC3)CC2=O)cc1. The standard InChI is InChI=1S/C21H31N3O3/c1-21(11-5-3-4-6-12-21)22-20(26)24-14-13-23(19(25)16-24)15-17-7-9-18(27-2)10-8-17/h7-10H,3-6,11-16H2,1-2H3,(H,22,26). The molecule has 2 aliphatic rings. The maximum atomic E-state index is 12.7. The molecule has 3 amide bonds. The van der Waals surface area contributed by atoms with Gasteiger partial charge in [-0.15, -0.1) is 0 Å². The van der Waals surface area contributed by atoms with Crippen molar-refractivity contribution >= 4 is 11.9 Å². The second-order valence-electron chi connectivity index (χ2n) is 7.99. The van der Waals surface area contributed by atoms with Crippen molar-refractivity contribution in [3.05, 3.63) is 29.8 Å². The highest BCUT2D eigenvalue weighted by Gasteiger charge is 2.32. The first kappa shape index (κ1) is 19.5. The number of benzene rings is 1. The van der Waals surface area contributed by atoms with Crippen LogP contribution in [0.2, 0.25) is 0 Å². The van der Waals surface area contributed by atoms with Crippen molar-refractivity contribution < 1.29 is 14.3 Å². The molecule has 0 radical (unpaired) electrons. The summed E-state index contributed by atoms with van der Waals surface area (Å²) in [5.74, 6) is 0.803. The van der Waals surface area contributed by atoms with Crippen LogP contribution in [-0.2, 0) is 11.3 Å². The third kappa shape index (κ3) is 5.15. The smallest absolute Gasteiger partial charge is 0.318 e. The van der Waals surface area contributed by atoms with Crippen molar-refractivity contribution in [2.24, 2.45) is 0 Å². The lowest BCUT2D eigenvalue weighted by molar-refractivity contribution is -0.135. The Morgan fingerprint density at radius 3 is 2.37 bits per heavy atom. The molecule has 0 spiro atoms. The molecule has 0 bridgehead atoms. The minimum atomic E-state index is -0.142. The minimum Gasteiger partial charge on any atom is -0.497 e. The summed E-state index contributed by atoms with van der Waals surface area (Å²) in [5.41, 5.74) is 0.921. The van der Waals surface area contributed by atoms with E-state index in [1.807, 2.05) is 29.2 Å². The van der Waals surface area contributed by atoms with Crippen LogP contribution in [0.5, 0.6) is 5.75 Å². The molecule has 6 heteroatoms. The molecule has 1 heterocycles. The monoisotopic (exact) mass is 373 g/mol. The van der Waals surface area contributed by atoms with E-state index in [9.17, 15) is 9.59 Å². The molecule has 1 N–H and O–H groups in total. The number of methoxy groups -OCH3 is 1. The van der Waals surface area contributed by atoms with E-state index in [4.69, 9.17) is 4.74 Å². The van der Waals surface area contributed by atoms with Crippen molar-refractivity contribution in [3.8, 4) is 5.75 Å². The van der Waals surface area contributed by atoms with Crippen molar-refractivity contribution in [3.63, 3.8) is 0 Å². The molecular formula is C21H31N3O3. The van der Waals surface area contributed by atoms with Crippen LogP contribution in [0.25, 0.3) is 0 Å². The van der Waals surface area contributed by atoms with Gasteiger partial charge in [-0.25, -0.2) is 4.79 Å². The highest BCUT2D eigenvalue weighted by molar-refractivity contribution is 5.85. The summed E-state index contributed by atoms with van der Waals surface area (Å²) in [4.78, 5) is 28.7. The third-order valence-electron chi connectivity index (χ3n) is 5.75. The number of piperazine rings is 1. The van der Waals surface area contributed by atoms with Gasteiger partial charge in [0.05, 0.1) is 7.11 Å². The van der Waals surface area contributed by atoms with Crippen LogP contribution < -0.4 is 10.1 Å². The fourth-order valence-electron chi connectivity index (χ4n) is 3.97. The normalized spacial score (nSPS) is 20.1. The lowest BCUT2D eigenvalue weighted by Crippen LogP contribution is -2.58. The predicted octanol–water partition coefficient (Wildman–Crippen LogP) is 3.16. The van der Waals surface area contributed by atoms with E-state index in [2.05, 4.69) is 12.2 Å². The van der Waals surface area contributed by atoms with E-state index < -0.39 is 0 Å². The molecule has 3 rings (SSSR count). The average Bonchev–Trinajstić information content (AvgIpc) is 2.88. The quantitative estimate of drug-likeness (QED) is 0.825. The number of nitrogens with one attached hydrogen (secondary N) is 1. The van der Waals surface area contributed by atoms with E-state index in [-0.39, 0.29) is 24.0 Å². The van der Waals surface area contributed by atoms with E-state index in [1.165, 1.54) is 12.8 Å². The van der Waals surface area contributed by atoms with Crippen LogP contribution in [0.3, 0.4) is 0 Å². The molecule has 1 aromatic carbocycles. The number of carbonyl (C=O) groups excluding carboxylic acids is 2. The Morgan fingerprint density at radius 2 is 1.78 bits per heavy atom. The molecule has 0 atom stereocenters. The third-order valence-corrected chi connectivity index (χ3v) is 5.75.